The zero-order valence-corrected chi connectivity index (χ0v) is 23.4. The van der Waals surface area contributed by atoms with Crippen molar-refractivity contribution in [3.8, 4) is 5.75 Å². The number of ether oxygens (including phenoxy) is 1. The number of allylic oxidation sites excluding steroid dienone is 2. The normalized spacial score (nSPS) is 12.1. The molecule has 0 fully saturated rings. The summed E-state index contributed by atoms with van der Waals surface area (Å²) in [5.41, 5.74) is 9.77. The van der Waals surface area contributed by atoms with Crippen molar-refractivity contribution in [2.45, 2.75) is 72.1 Å². The molecule has 0 aliphatic heterocycles. The molecule has 2 aromatic rings. The number of unbranched alkanes of at least 4 members (excludes halogenated alkanes) is 2. The molecule has 0 unspecified atom stereocenters. The van der Waals surface area contributed by atoms with Gasteiger partial charge in [0, 0.05) is 18.7 Å². The first-order valence-electron chi connectivity index (χ1n) is 13.6. The third-order valence-corrected chi connectivity index (χ3v) is 7.03. The molecule has 0 aromatic heterocycles. The van der Waals surface area contributed by atoms with Crippen LogP contribution in [-0.2, 0) is 6.42 Å². The van der Waals surface area contributed by atoms with E-state index in [1.807, 2.05) is 12.1 Å². The van der Waals surface area contributed by atoms with Crippen LogP contribution in [0.5, 0.6) is 5.75 Å². The summed E-state index contributed by atoms with van der Waals surface area (Å²) in [5.74, 6) is 2.00. The van der Waals surface area contributed by atoms with Crippen LogP contribution in [0.25, 0.3) is 0 Å². The van der Waals surface area contributed by atoms with Crippen molar-refractivity contribution < 1.29 is 9.53 Å². The molecular formula is C31H46N2O2S. The van der Waals surface area contributed by atoms with E-state index in [1.165, 1.54) is 11.1 Å². The number of hydrogen-bond acceptors (Lipinski definition) is 4. The predicted molar refractivity (Wildman–Crippen MR) is 158 cm³/mol. The maximum absolute atomic E-state index is 11.9. The average Bonchev–Trinajstić information content (AvgIpc) is 2.87. The van der Waals surface area contributed by atoms with Gasteiger partial charge in [-0.3, -0.25) is 4.79 Å². The van der Waals surface area contributed by atoms with Crippen LogP contribution in [0.3, 0.4) is 0 Å². The van der Waals surface area contributed by atoms with Crippen molar-refractivity contribution in [1.82, 2.24) is 0 Å². The van der Waals surface area contributed by atoms with E-state index in [0.29, 0.717) is 18.1 Å². The Bertz CT molecular complexity index is 944. The maximum Gasteiger partial charge on any atom is 0.248 e. The number of aryl methyl sites for hydroxylation is 2. The summed E-state index contributed by atoms with van der Waals surface area (Å²) >= 11 is 4.28. The summed E-state index contributed by atoms with van der Waals surface area (Å²) in [7, 11) is 0. The Kier molecular flexibility index (Phi) is 14.2. The lowest BCUT2D eigenvalue weighted by Gasteiger charge is -2.27. The number of rotatable bonds is 18. The second kappa shape index (κ2) is 17.1. The molecule has 2 rings (SSSR count). The smallest absolute Gasteiger partial charge is 0.248 e. The molecule has 1 atom stereocenters. The number of carbonyl (C=O) groups excluding carboxylic acids is 1. The molecule has 2 aromatic carbocycles. The molecule has 5 heteroatoms. The van der Waals surface area contributed by atoms with Crippen molar-refractivity contribution in [2.24, 2.45) is 11.7 Å². The number of anilines is 1. The van der Waals surface area contributed by atoms with E-state index in [1.54, 1.807) is 6.07 Å². The van der Waals surface area contributed by atoms with Crippen LogP contribution >= 0.6 is 12.6 Å². The molecule has 2 N–H and O–H groups in total. The first-order valence-corrected chi connectivity index (χ1v) is 14.2. The van der Waals surface area contributed by atoms with Crippen LogP contribution < -0.4 is 15.4 Å². The maximum atomic E-state index is 11.9. The van der Waals surface area contributed by atoms with E-state index in [-0.39, 0.29) is 0 Å². The fourth-order valence-electron chi connectivity index (χ4n) is 4.41. The molecule has 0 heterocycles. The molecule has 36 heavy (non-hydrogen) atoms. The summed E-state index contributed by atoms with van der Waals surface area (Å²) in [5, 5.41) is 0. The van der Waals surface area contributed by atoms with Gasteiger partial charge in [-0.15, -0.1) is 0 Å². The molecule has 0 saturated carbocycles. The number of hydrogen-bond donors (Lipinski definition) is 2. The first kappa shape index (κ1) is 29.8. The van der Waals surface area contributed by atoms with Crippen molar-refractivity contribution in [3.63, 3.8) is 0 Å². The second-order valence-electron chi connectivity index (χ2n) is 9.56. The minimum atomic E-state index is -0.408. The van der Waals surface area contributed by atoms with Crippen LogP contribution in [0.15, 0.2) is 54.6 Å². The lowest BCUT2D eigenvalue weighted by atomic mass is 9.97. The van der Waals surface area contributed by atoms with Gasteiger partial charge in [-0.2, -0.15) is 12.6 Å². The lowest BCUT2D eigenvalue weighted by Crippen LogP contribution is -2.27. The highest BCUT2D eigenvalue weighted by Gasteiger charge is 2.16. The highest BCUT2D eigenvalue weighted by atomic mass is 32.1. The standard InChI is InChI=1S/C31H46N2O2S/c1-4-26(14-8-6-7-11-22-36)19-20-33(5-2)29-24-28(31(32)34)17-18-30(29)35-21-10-9-15-27-16-12-13-25(3)23-27/h6,8,12-13,16-18,23-24,26,36H,4-5,7,9-11,14-15,19-22H2,1-3H3,(H2,32,34)/b8-6+/t26-/m0/s1. The van der Waals surface area contributed by atoms with Gasteiger partial charge in [0.1, 0.15) is 5.75 Å². The summed E-state index contributed by atoms with van der Waals surface area (Å²) in [4.78, 5) is 14.2. The highest BCUT2D eigenvalue weighted by Crippen LogP contribution is 2.31. The predicted octanol–water partition coefficient (Wildman–Crippen LogP) is 7.39. The third-order valence-electron chi connectivity index (χ3n) is 6.72. The topological polar surface area (TPSA) is 55.6 Å². The second-order valence-corrected chi connectivity index (χ2v) is 10.0. The number of benzene rings is 2. The monoisotopic (exact) mass is 510 g/mol. The SMILES string of the molecule is CC[C@@H](C/C=C/CCCS)CCN(CC)c1cc(C(N)=O)ccc1OCCCCc1cccc(C)c1. The van der Waals surface area contributed by atoms with E-state index >= 15 is 0 Å². The summed E-state index contributed by atoms with van der Waals surface area (Å²) < 4.78 is 6.24. The first-order chi connectivity index (χ1) is 17.5. The van der Waals surface area contributed by atoms with Gasteiger partial charge in [0.2, 0.25) is 5.91 Å². The van der Waals surface area contributed by atoms with Crippen LogP contribution in [0.1, 0.15) is 80.3 Å². The Morgan fingerprint density at radius 1 is 1.11 bits per heavy atom. The molecule has 198 valence electrons. The number of nitrogens with zero attached hydrogens (tertiary/aromatic N) is 1. The molecule has 4 nitrogen and oxygen atoms in total. The summed E-state index contributed by atoms with van der Waals surface area (Å²) in [6.07, 6.45) is 13.3. The van der Waals surface area contributed by atoms with Crippen LogP contribution in [-0.4, -0.2) is 31.4 Å². The van der Waals surface area contributed by atoms with Gasteiger partial charge in [-0.05, 0) is 94.2 Å². The molecule has 0 aliphatic rings. The number of amides is 1. The van der Waals surface area contributed by atoms with Crippen LogP contribution in [0, 0.1) is 12.8 Å². The quantitative estimate of drug-likeness (QED) is 0.125. The molecule has 0 radical (unpaired) electrons. The molecule has 1 amide bonds. The van der Waals surface area contributed by atoms with Crippen molar-refractivity contribution >= 4 is 24.2 Å². The van der Waals surface area contributed by atoms with Gasteiger partial charge in [0.15, 0.2) is 0 Å². The number of primary amides is 1. The van der Waals surface area contributed by atoms with Crippen LogP contribution in [0.2, 0.25) is 0 Å². The minimum Gasteiger partial charge on any atom is -0.491 e. The van der Waals surface area contributed by atoms with E-state index in [9.17, 15) is 4.79 Å². The van der Waals surface area contributed by atoms with Crippen LogP contribution in [0.4, 0.5) is 5.69 Å². The van der Waals surface area contributed by atoms with E-state index < -0.39 is 5.91 Å². The third kappa shape index (κ3) is 10.7. The molecule has 0 spiro atoms. The van der Waals surface area contributed by atoms with Gasteiger partial charge >= 0.3 is 0 Å². The molecular weight excluding hydrogens is 464 g/mol. The Morgan fingerprint density at radius 2 is 1.94 bits per heavy atom. The molecule has 0 saturated heterocycles. The number of carbonyl (C=O) groups is 1. The van der Waals surface area contributed by atoms with Gasteiger partial charge in [0.05, 0.1) is 12.3 Å². The number of thiol groups is 1. The Balaban J connectivity index is 1.98. The Hall–Kier alpha value is -2.40. The fourth-order valence-corrected chi connectivity index (χ4v) is 4.59. The zero-order chi connectivity index (χ0) is 26.2. The van der Waals surface area contributed by atoms with Crippen molar-refractivity contribution in [3.05, 3.63) is 71.3 Å². The van der Waals surface area contributed by atoms with Gasteiger partial charge in [-0.1, -0.05) is 55.3 Å². The van der Waals surface area contributed by atoms with E-state index in [0.717, 1.165) is 81.6 Å². The summed E-state index contributed by atoms with van der Waals surface area (Å²) in [6.45, 7) is 8.97. The van der Waals surface area contributed by atoms with Crippen molar-refractivity contribution in [2.75, 3.05) is 30.3 Å². The highest BCUT2D eigenvalue weighted by molar-refractivity contribution is 7.80. The summed E-state index contributed by atoms with van der Waals surface area (Å²) in [6, 6.07) is 14.3. The van der Waals surface area contributed by atoms with Gasteiger partial charge in [-0.25, -0.2) is 0 Å². The van der Waals surface area contributed by atoms with Gasteiger partial charge in [0.25, 0.3) is 0 Å². The fraction of sp³-hybridized carbons (Fsp3) is 0.516. The minimum absolute atomic E-state index is 0.408. The van der Waals surface area contributed by atoms with Crippen molar-refractivity contribution in [1.29, 1.82) is 0 Å². The zero-order valence-electron chi connectivity index (χ0n) is 22.5. The molecule has 0 aliphatic carbocycles. The Labute approximate surface area is 224 Å². The largest absolute Gasteiger partial charge is 0.491 e. The van der Waals surface area contributed by atoms with E-state index in [4.69, 9.17) is 10.5 Å². The van der Waals surface area contributed by atoms with Gasteiger partial charge < -0.3 is 15.4 Å². The number of nitrogens with two attached hydrogens (primary N) is 1. The average molecular weight is 511 g/mol. The van der Waals surface area contributed by atoms with E-state index in [2.05, 4.69) is 74.7 Å². The molecule has 0 bridgehead atoms. The Morgan fingerprint density at radius 3 is 2.64 bits per heavy atom. The lowest BCUT2D eigenvalue weighted by molar-refractivity contribution is 0.1000.